The lowest BCUT2D eigenvalue weighted by molar-refractivity contribution is -0.114. The van der Waals surface area contributed by atoms with Gasteiger partial charge in [0.1, 0.15) is 4.90 Å². The summed E-state index contributed by atoms with van der Waals surface area (Å²) in [6, 6.07) is 18.4. The van der Waals surface area contributed by atoms with Crippen LogP contribution in [0.3, 0.4) is 0 Å². The van der Waals surface area contributed by atoms with E-state index in [2.05, 4.69) is 5.10 Å². The van der Waals surface area contributed by atoms with Crippen LogP contribution >= 0.6 is 11.6 Å². The molecule has 1 heterocycles. The van der Waals surface area contributed by atoms with Crippen LogP contribution in [-0.2, 0) is 14.9 Å². The minimum Gasteiger partial charge on any atom is -0.493 e. The molecule has 4 rings (SSSR count). The summed E-state index contributed by atoms with van der Waals surface area (Å²) >= 11 is 6.39. The molecule has 7 nitrogen and oxygen atoms in total. The van der Waals surface area contributed by atoms with Crippen LogP contribution < -0.4 is 13.9 Å². The van der Waals surface area contributed by atoms with E-state index in [1.807, 2.05) is 25.1 Å². The van der Waals surface area contributed by atoms with Crippen molar-refractivity contribution in [2.75, 3.05) is 12.1 Å². The standard InChI is InChI=1S/C25H21ClN2O5S/c1-16-9-11-20(12-10-16)34(30,31)33-24-22(26)14-18(15-23(24)32-3)13-21-17(2)27-28(25(21)29)19-7-5-4-6-8-19/h4-15H,1-3H3/b21-13+. The number of ether oxygens (including phenoxy) is 1. The van der Waals surface area contributed by atoms with Crippen LogP contribution in [0.1, 0.15) is 18.1 Å². The van der Waals surface area contributed by atoms with Gasteiger partial charge in [-0.25, -0.2) is 0 Å². The number of aryl methyl sites for hydroxylation is 1. The van der Waals surface area contributed by atoms with Gasteiger partial charge in [-0.15, -0.1) is 0 Å². The van der Waals surface area contributed by atoms with Crippen molar-refractivity contribution < 1.29 is 22.1 Å². The van der Waals surface area contributed by atoms with E-state index in [-0.39, 0.29) is 27.3 Å². The molecule has 3 aromatic carbocycles. The van der Waals surface area contributed by atoms with E-state index in [1.54, 1.807) is 43.3 Å². The van der Waals surface area contributed by atoms with Gasteiger partial charge >= 0.3 is 10.1 Å². The van der Waals surface area contributed by atoms with E-state index >= 15 is 0 Å². The van der Waals surface area contributed by atoms with Crippen LogP contribution in [0.2, 0.25) is 5.02 Å². The zero-order valence-electron chi connectivity index (χ0n) is 18.7. The molecule has 0 atom stereocenters. The summed E-state index contributed by atoms with van der Waals surface area (Å²) in [6.45, 7) is 3.59. The molecule has 1 aliphatic rings. The number of carbonyl (C=O) groups is 1. The Balaban J connectivity index is 1.66. The normalized spacial score (nSPS) is 14.9. The van der Waals surface area contributed by atoms with Gasteiger partial charge in [-0.2, -0.15) is 18.5 Å². The van der Waals surface area contributed by atoms with Crippen LogP contribution in [0.25, 0.3) is 6.08 Å². The lowest BCUT2D eigenvalue weighted by Crippen LogP contribution is -2.21. The summed E-state index contributed by atoms with van der Waals surface area (Å²) in [6.07, 6.45) is 1.62. The van der Waals surface area contributed by atoms with Gasteiger partial charge in [0, 0.05) is 0 Å². The van der Waals surface area contributed by atoms with Crippen molar-refractivity contribution in [1.29, 1.82) is 0 Å². The minimum atomic E-state index is -4.14. The van der Waals surface area contributed by atoms with Gasteiger partial charge in [0.2, 0.25) is 5.75 Å². The summed E-state index contributed by atoms with van der Waals surface area (Å²) in [4.78, 5) is 13.0. The highest BCUT2D eigenvalue weighted by Gasteiger charge is 2.29. The number of carbonyl (C=O) groups excluding carboxylic acids is 1. The number of para-hydroxylation sites is 1. The van der Waals surface area contributed by atoms with E-state index in [1.165, 1.54) is 30.3 Å². The number of rotatable bonds is 6. The van der Waals surface area contributed by atoms with E-state index in [0.717, 1.165) is 5.56 Å². The van der Waals surface area contributed by atoms with Gasteiger partial charge in [0.25, 0.3) is 5.91 Å². The van der Waals surface area contributed by atoms with Crippen molar-refractivity contribution in [2.45, 2.75) is 18.7 Å². The fraction of sp³-hybridized carbons (Fsp3) is 0.120. The fourth-order valence-corrected chi connectivity index (χ4v) is 4.62. The van der Waals surface area contributed by atoms with Gasteiger partial charge in [-0.05, 0) is 61.9 Å². The largest absolute Gasteiger partial charge is 0.493 e. The van der Waals surface area contributed by atoms with Crippen LogP contribution in [0.15, 0.2) is 82.3 Å². The summed E-state index contributed by atoms with van der Waals surface area (Å²) in [5.74, 6) is -0.322. The molecule has 0 N–H and O–H groups in total. The monoisotopic (exact) mass is 496 g/mol. The SMILES string of the molecule is COc1cc(/C=C2/C(=O)N(c3ccccc3)N=C2C)cc(Cl)c1OS(=O)(=O)c1ccc(C)cc1. The number of nitrogens with zero attached hydrogens (tertiary/aromatic N) is 2. The second-order valence-corrected chi connectivity index (χ2v) is 9.53. The van der Waals surface area contributed by atoms with Crippen LogP contribution in [0.5, 0.6) is 11.5 Å². The number of halogens is 1. The second-order valence-electron chi connectivity index (χ2n) is 7.58. The maximum atomic E-state index is 13.0. The Morgan fingerprint density at radius 3 is 2.32 bits per heavy atom. The maximum absolute atomic E-state index is 13.0. The van der Waals surface area contributed by atoms with Gasteiger partial charge in [0.05, 0.1) is 29.1 Å². The molecule has 0 saturated carbocycles. The highest BCUT2D eigenvalue weighted by Crippen LogP contribution is 2.39. The molecule has 0 bridgehead atoms. The fourth-order valence-electron chi connectivity index (χ4n) is 3.36. The first-order valence-electron chi connectivity index (χ1n) is 10.2. The number of hydrazone groups is 1. The summed E-state index contributed by atoms with van der Waals surface area (Å²) in [7, 11) is -2.76. The van der Waals surface area contributed by atoms with E-state index in [9.17, 15) is 13.2 Å². The molecule has 0 spiro atoms. The number of hydrogen-bond acceptors (Lipinski definition) is 6. The Kier molecular flexibility index (Phi) is 6.45. The lowest BCUT2D eigenvalue weighted by Gasteiger charge is -2.14. The summed E-state index contributed by atoms with van der Waals surface area (Å²) < 4.78 is 36.1. The maximum Gasteiger partial charge on any atom is 0.339 e. The number of hydrogen-bond donors (Lipinski definition) is 0. The van der Waals surface area contributed by atoms with E-state index in [4.69, 9.17) is 20.5 Å². The predicted molar refractivity (Wildman–Crippen MR) is 132 cm³/mol. The van der Waals surface area contributed by atoms with Gasteiger partial charge in [-0.3, -0.25) is 4.79 Å². The van der Waals surface area contributed by atoms with Crippen molar-refractivity contribution in [3.05, 3.63) is 88.5 Å². The number of anilines is 1. The molecule has 0 saturated heterocycles. The third-order valence-electron chi connectivity index (χ3n) is 5.13. The number of methoxy groups -OCH3 is 1. The minimum absolute atomic E-state index is 0.00759. The van der Waals surface area contributed by atoms with Crippen molar-refractivity contribution >= 4 is 45.1 Å². The number of benzene rings is 3. The lowest BCUT2D eigenvalue weighted by atomic mass is 10.1. The first-order valence-corrected chi connectivity index (χ1v) is 12.0. The topological polar surface area (TPSA) is 85.3 Å². The number of amides is 1. The molecular weight excluding hydrogens is 476 g/mol. The third kappa shape index (κ3) is 4.69. The van der Waals surface area contributed by atoms with Crippen LogP contribution in [0, 0.1) is 6.92 Å². The van der Waals surface area contributed by atoms with E-state index < -0.39 is 10.1 Å². The van der Waals surface area contributed by atoms with Crippen LogP contribution in [-0.4, -0.2) is 27.1 Å². The predicted octanol–water partition coefficient (Wildman–Crippen LogP) is 5.23. The summed E-state index contributed by atoms with van der Waals surface area (Å²) in [5.41, 5.74) is 3.00. The molecule has 1 amide bonds. The molecule has 9 heteroatoms. The Bertz CT molecular complexity index is 1420. The Labute approximate surface area is 203 Å². The zero-order chi connectivity index (χ0) is 24.5. The highest BCUT2D eigenvalue weighted by molar-refractivity contribution is 7.87. The van der Waals surface area contributed by atoms with Crippen molar-refractivity contribution in [1.82, 2.24) is 0 Å². The van der Waals surface area contributed by atoms with Gasteiger partial charge in [-0.1, -0.05) is 47.5 Å². The molecule has 0 aromatic heterocycles. The van der Waals surface area contributed by atoms with Crippen molar-refractivity contribution in [2.24, 2.45) is 5.10 Å². The summed E-state index contributed by atoms with van der Waals surface area (Å²) in [5, 5.41) is 5.69. The molecular formula is C25H21ClN2O5S. The van der Waals surface area contributed by atoms with Gasteiger partial charge < -0.3 is 8.92 Å². The van der Waals surface area contributed by atoms with Crippen molar-refractivity contribution in [3.63, 3.8) is 0 Å². The Morgan fingerprint density at radius 2 is 1.68 bits per heavy atom. The zero-order valence-corrected chi connectivity index (χ0v) is 20.2. The Morgan fingerprint density at radius 1 is 1.00 bits per heavy atom. The Hall–Kier alpha value is -3.62. The highest BCUT2D eigenvalue weighted by atomic mass is 35.5. The molecule has 0 unspecified atom stereocenters. The molecule has 3 aromatic rings. The third-order valence-corrected chi connectivity index (χ3v) is 6.65. The van der Waals surface area contributed by atoms with Gasteiger partial charge in [0.15, 0.2) is 5.75 Å². The average Bonchev–Trinajstić information content (AvgIpc) is 3.09. The molecule has 34 heavy (non-hydrogen) atoms. The quantitative estimate of drug-likeness (QED) is 0.344. The first-order chi connectivity index (χ1) is 16.2. The molecule has 1 aliphatic heterocycles. The van der Waals surface area contributed by atoms with Crippen molar-refractivity contribution in [3.8, 4) is 11.5 Å². The molecule has 0 fully saturated rings. The molecule has 174 valence electrons. The van der Waals surface area contributed by atoms with E-state index in [0.29, 0.717) is 22.5 Å². The molecule has 0 aliphatic carbocycles. The second kappa shape index (κ2) is 9.32. The van der Waals surface area contributed by atoms with Crippen LogP contribution in [0.4, 0.5) is 5.69 Å². The average molecular weight is 497 g/mol. The molecule has 0 radical (unpaired) electrons. The first kappa shape index (κ1) is 23.5. The smallest absolute Gasteiger partial charge is 0.339 e.